The van der Waals surface area contributed by atoms with E-state index in [1.807, 2.05) is 6.92 Å². The summed E-state index contributed by atoms with van der Waals surface area (Å²) < 4.78 is 48.4. The highest BCUT2D eigenvalue weighted by atomic mass is 32.2. The van der Waals surface area contributed by atoms with Crippen LogP contribution in [-0.2, 0) is 20.9 Å². The highest BCUT2D eigenvalue weighted by Crippen LogP contribution is 2.35. The molecule has 2 aromatic carbocycles. The first-order valence-corrected chi connectivity index (χ1v) is 14.1. The minimum Gasteiger partial charge on any atom is -0.493 e. The van der Waals surface area contributed by atoms with E-state index in [4.69, 9.17) is 14.2 Å². The molecule has 1 aromatic heterocycles. The van der Waals surface area contributed by atoms with Crippen molar-refractivity contribution in [1.29, 1.82) is 0 Å². The minimum absolute atomic E-state index is 0.0187. The van der Waals surface area contributed by atoms with Crippen molar-refractivity contribution in [3.8, 4) is 11.5 Å². The van der Waals surface area contributed by atoms with Crippen molar-refractivity contribution in [2.24, 2.45) is 4.36 Å². The number of hydrogen-bond acceptors (Lipinski definition) is 7. The lowest BCUT2D eigenvalue weighted by molar-refractivity contribution is 0.0324. The number of rotatable bonds is 8. The van der Waals surface area contributed by atoms with Crippen LogP contribution in [0.25, 0.3) is 10.9 Å². The van der Waals surface area contributed by atoms with E-state index in [0.29, 0.717) is 35.7 Å². The van der Waals surface area contributed by atoms with Gasteiger partial charge in [0.15, 0.2) is 0 Å². The molecule has 1 fully saturated rings. The van der Waals surface area contributed by atoms with Gasteiger partial charge in [-0.3, -0.25) is 0 Å². The number of ether oxygens (including phenoxy) is 3. The predicted molar refractivity (Wildman–Crippen MR) is 136 cm³/mol. The van der Waals surface area contributed by atoms with Gasteiger partial charge >= 0.3 is 0 Å². The normalized spacial score (nSPS) is 18.4. The third-order valence-corrected chi connectivity index (χ3v) is 6.68. The molecule has 0 radical (unpaired) electrons. The van der Waals surface area contributed by atoms with Crippen LogP contribution in [0.3, 0.4) is 0 Å². The van der Waals surface area contributed by atoms with Crippen molar-refractivity contribution in [3.05, 3.63) is 53.7 Å². The molecule has 1 aliphatic rings. The molecule has 0 bridgehead atoms. The van der Waals surface area contributed by atoms with Crippen LogP contribution in [0.15, 0.2) is 41.0 Å². The molecule has 9 heteroatoms. The summed E-state index contributed by atoms with van der Waals surface area (Å²) in [5.41, 5.74) is 2.75. The van der Waals surface area contributed by atoms with Gasteiger partial charge in [0.2, 0.25) is 0 Å². The van der Waals surface area contributed by atoms with Gasteiger partial charge < -0.3 is 14.2 Å². The molecule has 0 aliphatic heterocycles. The Balaban J connectivity index is 1.70. The van der Waals surface area contributed by atoms with E-state index in [1.54, 1.807) is 37.8 Å². The Bertz CT molecular complexity index is 1310. The second kappa shape index (κ2) is 10.9. The molecular weight excluding hydrogens is 469 g/mol. The lowest BCUT2D eigenvalue weighted by Gasteiger charge is -2.28. The molecule has 35 heavy (non-hydrogen) atoms. The molecule has 0 amide bonds. The minimum atomic E-state index is -2.35. The van der Waals surface area contributed by atoms with Crippen molar-refractivity contribution in [1.82, 2.24) is 9.97 Å². The second-order valence-corrected chi connectivity index (χ2v) is 11.6. The topological polar surface area (TPSA) is 82.9 Å². The van der Waals surface area contributed by atoms with Crippen LogP contribution in [0, 0.1) is 5.82 Å². The van der Waals surface area contributed by atoms with Crippen LogP contribution in [0.5, 0.6) is 11.5 Å². The number of aromatic nitrogens is 2. The monoisotopic (exact) mass is 501 g/mol. The highest BCUT2D eigenvalue weighted by molar-refractivity contribution is 7.92. The summed E-state index contributed by atoms with van der Waals surface area (Å²) >= 11 is 0. The third-order valence-electron chi connectivity index (χ3n) is 6.03. The third kappa shape index (κ3) is 6.46. The van der Waals surface area contributed by atoms with Gasteiger partial charge in [-0.1, -0.05) is 6.07 Å². The fourth-order valence-corrected chi connectivity index (χ4v) is 5.06. The first-order chi connectivity index (χ1) is 16.8. The summed E-state index contributed by atoms with van der Waals surface area (Å²) in [5.74, 6) is 0.759. The maximum Gasteiger partial charge on any atom is 0.132 e. The molecule has 188 valence electrons. The highest BCUT2D eigenvalue weighted by Gasteiger charge is 2.23. The number of fused-ring (bicyclic) bond motifs is 1. The van der Waals surface area contributed by atoms with Crippen molar-refractivity contribution in [2.45, 2.75) is 51.2 Å². The molecule has 0 unspecified atom stereocenters. The van der Waals surface area contributed by atoms with Crippen molar-refractivity contribution < 1.29 is 22.8 Å². The Morgan fingerprint density at radius 2 is 1.80 bits per heavy atom. The zero-order valence-electron chi connectivity index (χ0n) is 20.6. The molecule has 1 saturated carbocycles. The first kappa shape index (κ1) is 25.3. The summed E-state index contributed by atoms with van der Waals surface area (Å²) in [6.07, 6.45) is 8.93. The second-order valence-electron chi connectivity index (χ2n) is 9.05. The quantitative estimate of drug-likeness (QED) is 0.408. The molecule has 0 atom stereocenters. The van der Waals surface area contributed by atoms with Gasteiger partial charge in [0.1, 0.15) is 23.6 Å². The van der Waals surface area contributed by atoms with Crippen LogP contribution >= 0.6 is 0 Å². The SMILES string of the molecule is CCOc1cc(N=S(C)(C)=O)cc2ncnc(Cc3ccc(F)cc3OC3CCC(OC)CC3)c12. The van der Waals surface area contributed by atoms with E-state index < -0.39 is 9.73 Å². The maximum absolute atomic E-state index is 14.2. The zero-order valence-corrected chi connectivity index (χ0v) is 21.4. The van der Waals surface area contributed by atoms with Crippen LogP contribution in [0.2, 0.25) is 0 Å². The van der Waals surface area contributed by atoms with Crippen molar-refractivity contribution >= 4 is 26.3 Å². The van der Waals surface area contributed by atoms with E-state index in [-0.39, 0.29) is 18.0 Å². The number of methoxy groups -OCH3 is 1. The largest absolute Gasteiger partial charge is 0.493 e. The molecule has 3 aromatic rings. The van der Waals surface area contributed by atoms with Gasteiger partial charge in [-0.2, -0.15) is 4.36 Å². The molecule has 0 N–H and O–H groups in total. The maximum atomic E-state index is 14.2. The lowest BCUT2D eigenvalue weighted by atomic mass is 9.95. The molecule has 1 aliphatic carbocycles. The van der Waals surface area contributed by atoms with Gasteiger partial charge in [-0.25, -0.2) is 18.6 Å². The molecule has 1 heterocycles. The van der Waals surface area contributed by atoms with Gasteiger partial charge in [-0.15, -0.1) is 0 Å². The van der Waals surface area contributed by atoms with Gasteiger partial charge in [-0.05, 0) is 44.7 Å². The van der Waals surface area contributed by atoms with E-state index >= 15 is 0 Å². The Morgan fingerprint density at radius 3 is 2.49 bits per heavy atom. The van der Waals surface area contributed by atoms with Gasteiger partial charge in [0.25, 0.3) is 0 Å². The number of halogens is 1. The van der Waals surface area contributed by atoms with Crippen molar-refractivity contribution in [3.63, 3.8) is 0 Å². The molecular formula is C26H32FN3O4S. The summed E-state index contributed by atoms with van der Waals surface area (Å²) in [7, 11) is -0.614. The smallest absolute Gasteiger partial charge is 0.132 e. The Kier molecular flexibility index (Phi) is 7.86. The Hall–Kier alpha value is -2.78. The van der Waals surface area contributed by atoms with Crippen LogP contribution in [0.4, 0.5) is 10.1 Å². The summed E-state index contributed by atoms with van der Waals surface area (Å²) in [5, 5.41) is 0.753. The predicted octanol–water partition coefficient (Wildman–Crippen LogP) is 5.45. The fraction of sp³-hybridized carbons (Fsp3) is 0.462. The number of hydrogen-bond donors (Lipinski definition) is 0. The van der Waals surface area contributed by atoms with E-state index in [2.05, 4.69) is 14.3 Å². The summed E-state index contributed by atoms with van der Waals surface area (Å²) in [4.78, 5) is 8.95. The molecule has 0 saturated heterocycles. The van der Waals surface area contributed by atoms with Crippen molar-refractivity contribution in [2.75, 3.05) is 26.2 Å². The standard InChI is InChI=1S/C26H32FN3O4S/c1-5-33-25-15-19(30-35(3,4)31)14-23-26(25)22(28-16-29-23)12-17-6-7-18(27)13-24(17)34-21-10-8-20(32-2)9-11-21/h6-7,13-16,20-21H,5,8-12H2,1-4H3. The van der Waals surface area contributed by atoms with E-state index in [1.165, 1.54) is 18.5 Å². The summed E-state index contributed by atoms with van der Waals surface area (Å²) in [6.45, 7) is 2.34. The zero-order chi connectivity index (χ0) is 25.0. The first-order valence-electron chi connectivity index (χ1n) is 11.8. The lowest BCUT2D eigenvalue weighted by Crippen LogP contribution is -2.28. The van der Waals surface area contributed by atoms with E-state index in [9.17, 15) is 8.60 Å². The number of benzene rings is 2. The molecule has 0 spiro atoms. The molecule has 7 nitrogen and oxygen atoms in total. The Morgan fingerprint density at radius 1 is 1.06 bits per heavy atom. The van der Waals surface area contributed by atoms with Gasteiger partial charge in [0.05, 0.1) is 41.1 Å². The average Bonchev–Trinajstić information content (AvgIpc) is 2.80. The van der Waals surface area contributed by atoms with Crippen LogP contribution < -0.4 is 9.47 Å². The van der Waals surface area contributed by atoms with E-state index in [0.717, 1.165) is 42.3 Å². The van der Waals surface area contributed by atoms with Crippen LogP contribution in [-0.4, -0.2) is 52.6 Å². The van der Waals surface area contributed by atoms with Gasteiger partial charge in [0, 0.05) is 53.5 Å². The molecule has 4 rings (SSSR count). The number of nitrogens with zero attached hydrogens (tertiary/aromatic N) is 3. The average molecular weight is 502 g/mol. The Labute approximate surface area is 206 Å². The summed E-state index contributed by atoms with van der Waals surface area (Å²) in [6, 6.07) is 8.17. The fourth-order valence-electron chi connectivity index (χ4n) is 4.44. The van der Waals surface area contributed by atoms with Crippen LogP contribution in [0.1, 0.15) is 43.9 Å².